The third-order valence-electron chi connectivity index (χ3n) is 15.1. The zero-order valence-electron chi connectivity index (χ0n) is 60.3. The van der Waals surface area contributed by atoms with Gasteiger partial charge in [-0.3, -0.25) is 70.9 Å². The van der Waals surface area contributed by atoms with Crippen molar-refractivity contribution in [3.8, 4) is 0 Å². The van der Waals surface area contributed by atoms with Gasteiger partial charge in [0.05, 0.1) is 37.6 Å². The van der Waals surface area contributed by atoms with Crippen LogP contribution in [0.25, 0.3) is 0 Å². The Morgan fingerprint density at radius 3 is 1.53 bits per heavy atom. The van der Waals surface area contributed by atoms with Crippen LogP contribution in [0.4, 0.5) is 5.82 Å². The second-order valence-electron chi connectivity index (χ2n) is 22.9. The summed E-state index contributed by atoms with van der Waals surface area (Å²) in [6.45, 7) is 26.6. The molecule has 576 valence electrons. The standard InChI is InChI=1S/C49H70N4O32P2.2C6H15N/c1-22(54)50-37-13-15-53(48(65)52-37)46-44(81-31(10)63)41(79-29(8)61)35(83-46)19-72-86(66,67)16-14-49(21-74-87(68,69)73-20-36-40(78-28(7)60)43(80-30(9)62)45(82-32(11)64)47(70-12)84-36)17-33(75-25(4)57)38(51-23(2)55)42(85-49)39(77-27(6)59)34(76-26(5)58)18-71-24(3)56;2*1-4-7(5-2)6-3/h13,15,33-36,38-47H,14,16-21H2,1-12H3,(H,51,55)(H,66,67)(H,68,69)(H,50,52,54,65);2*4-6H2,1-3H3/t33-,34+,35+,36+,38+,39+,40-,41+,42+,43-,44+,45+,46+,47-,49-;;/m0../s1. The summed E-state index contributed by atoms with van der Waals surface area (Å²) in [4.78, 5) is 182. The van der Waals surface area contributed by atoms with Crippen molar-refractivity contribution >= 4 is 86.8 Å². The number of aromatic nitrogens is 2. The number of ether oxygens (including phenoxy) is 13. The fraction of sp³-hybridized carbons (Fsp3) is 0.754. The zero-order chi connectivity index (χ0) is 76.9. The van der Waals surface area contributed by atoms with E-state index >= 15 is 0 Å². The molecule has 3 fully saturated rings. The molecule has 2 amide bonds. The summed E-state index contributed by atoms with van der Waals surface area (Å²) >= 11 is 0. The van der Waals surface area contributed by atoms with Crippen LogP contribution in [0.5, 0.6) is 0 Å². The molecule has 3 aliphatic rings. The first-order chi connectivity index (χ1) is 47.1. The molecule has 38 nitrogen and oxygen atoms in total. The molecule has 2 unspecified atom stereocenters. The van der Waals surface area contributed by atoms with Crippen molar-refractivity contribution in [2.24, 2.45) is 0 Å². The normalized spacial score (nSPS) is 25.6. The van der Waals surface area contributed by atoms with Gasteiger partial charge in [0.1, 0.15) is 36.8 Å². The molecule has 0 radical (unpaired) electrons. The molecule has 0 spiro atoms. The number of carbonyl (C=O) groups is 11. The summed E-state index contributed by atoms with van der Waals surface area (Å²) in [5, 5.41) is 4.81. The van der Waals surface area contributed by atoms with E-state index < -0.39 is 223 Å². The van der Waals surface area contributed by atoms with Crippen molar-refractivity contribution in [1.82, 2.24) is 24.7 Å². The van der Waals surface area contributed by atoms with E-state index in [0.29, 0.717) is 0 Å². The number of esters is 9. The van der Waals surface area contributed by atoms with Crippen LogP contribution in [0.15, 0.2) is 17.1 Å². The maximum Gasteiger partial charge on any atom is 0.472 e. The van der Waals surface area contributed by atoms with Gasteiger partial charge in [-0.15, -0.1) is 0 Å². The van der Waals surface area contributed by atoms with Crippen LogP contribution in [0.2, 0.25) is 0 Å². The summed E-state index contributed by atoms with van der Waals surface area (Å²) in [5.41, 5.74) is -3.54. The summed E-state index contributed by atoms with van der Waals surface area (Å²) in [6.07, 6.45) is -24.5. The molecule has 4 heterocycles. The molecule has 4 rings (SSSR count). The number of hydrogen-bond donors (Lipinski definition) is 4. The molecule has 3 saturated heterocycles. The molecule has 1 aromatic heterocycles. The minimum atomic E-state index is -5.65. The van der Waals surface area contributed by atoms with E-state index in [1.807, 2.05) is 0 Å². The Morgan fingerprint density at radius 2 is 1.09 bits per heavy atom. The first kappa shape index (κ1) is 90.2. The lowest BCUT2D eigenvalue weighted by molar-refractivity contribution is -0.301. The van der Waals surface area contributed by atoms with Crippen LogP contribution >= 0.6 is 15.4 Å². The fourth-order valence-corrected chi connectivity index (χ4v) is 12.7. The highest BCUT2D eigenvalue weighted by Crippen LogP contribution is 2.51. The van der Waals surface area contributed by atoms with E-state index in [9.17, 15) is 76.5 Å². The van der Waals surface area contributed by atoms with Gasteiger partial charge in [-0.2, -0.15) is 4.98 Å². The second-order valence-corrected chi connectivity index (χ2v) is 26.4. The fourth-order valence-electron chi connectivity index (χ4n) is 10.7. The molecule has 17 atom stereocenters. The van der Waals surface area contributed by atoms with Gasteiger partial charge in [0, 0.05) is 95.9 Å². The van der Waals surface area contributed by atoms with E-state index in [0.717, 1.165) is 94.0 Å². The van der Waals surface area contributed by atoms with Gasteiger partial charge in [-0.05, 0) is 51.8 Å². The number of nitrogens with zero attached hydrogens (tertiary/aromatic N) is 4. The Balaban J connectivity index is 0.00000223. The van der Waals surface area contributed by atoms with Crippen molar-refractivity contribution in [2.45, 2.75) is 222 Å². The third-order valence-corrected chi connectivity index (χ3v) is 17.3. The molecule has 0 bridgehead atoms. The number of phosphoric acid groups is 1. The van der Waals surface area contributed by atoms with E-state index in [4.69, 9.17) is 75.2 Å². The number of hydrogen-bond acceptors (Lipinski definition) is 33. The highest BCUT2D eigenvalue weighted by atomic mass is 31.2. The van der Waals surface area contributed by atoms with Crippen molar-refractivity contribution in [2.75, 3.05) is 84.3 Å². The summed E-state index contributed by atoms with van der Waals surface area (Å²) in [7, 11) is -9.79. The number of methoxy groups -OCH3 is 1. The van der Waals surface area contributed by atoms with Gasteiger partial charge in [0.25, 0.3) is 0 Å². The van der Waals surface area contributed by atoms with Crippen LogP contribution in [-0.4, -0.2) is 259 Å². The number of anilines is 1. The Bertz CT molecular complexity index is 3070. The van der Waals surface area contributed by atoms with Gasteiger partial charge in [0.2, 0.25) is 11.8 Å². The van der Waals surface area contributed by atoms with Gasteiger partial charge < -0.3 is 96.3 Å². The van der Waals surface area contributed by atoms with E-state index in [1.165, 1.54) is 45.3 Å². The third kappa shape index (κ3) is 31.3. The van der Waals surface area contributed by atoms with Crippen LogP contribution in [-0.2, 0) is 137 Å². The lowest BCUT2D eigenvalue weighted by Gasteiger charge is -2.50. The number of carbonyl (C=O) groups excluding carboxylic acids is 11. The smallest absolute Gasteiger partial charge is 0.462 e. The minimum absolute atomic E-state index is 0.191. The predicted molar refractivity (Wildman–Crippen MR) is 347 cm³/mol. The van der Waals surface area contributed by atoms with E-state index in [-0.39, 0.29) is 5.82 Å². The number of nitrogens with one attached hydrogen (secondary N) is 2. The number of amides is 2. The monoisotopic (exact) mass is 1490 g/mol. The average Bonchev–Trinajstić information content (AvgIpc) is 1.23. The molecule has 1 aromatic rings. The van der Waals surface area contributed by atoms with E-state index in [1.54, 1.807) is 0 Å². The molecule has 0 aromatic carbocycles. The first-order valence-corrected chi connectivity index (χ1v) is 35.6. The maximum absolute atomic E-state index is 14.4. The zero-order valence-corrected chi connectivity index (χ0v) is 62.0. The predicted octanol–water partition coefficient (Wildman–Crippen LogP) is 1.94. The maximum atomic E-state index is 14.4. The average molecular weight is 1490 g/mol. The highest BCUT2D eigenvalue weighted by Gasteiger charge is 2.58. The Morgan fingerprint density at radius 1 is 0.614 bits per heavy atom. The molecule has 101 heavy (non-hydrogen) atoms. The summed E-state index contributed by atoms with van der Waals surface area (Å²) in [5.74, 6) is -10.7. The molecule has 3 aliphatic heterocycles. The molecule has 40 heteroatoms. The Hall–Kier alpha value is -6.93. The molecular weight excluding hydrogens is 1390 g/mol. The van der Waals surface area contributed by atoms with Crippen LogP contribution in [0.1, 0.15) is 137 Å². The van der Waals surface area contributed by atoms with Crippen LogP contribution < -0.4 is 16.3 Å². The molecule has 0 aliphatic carbocycles. The van der Waals surface area contributed by atoms with Crippen LogP contribution in [0.3, 0.4) is 0 Å². The Kier molecular flexibility index (Phi) is 38.6. The van der Waals surface area contributed by atoms with Crippen molar-refractivity contribution in [3.05, 3.63) is 22.7 Å². The quantitative estimate of drug-likeness (QED) is 0.0435. The highest BCUT2D eigenvalue weighted by molar-refractivity contribution is 7.52. The van der Waals surface area contributed by atoms with Gasteiger partial charge in [-0.25, -0.2) is 9.36 Å². The number of rotatable bonds is 34. The van der Waals surface area contributed by atoms with Crippen molar-refractivity contribution < 1.29 is 147 Å². The van der Waals surface area contributed by atoms with Gasteiger partial charge in [-0.1, -0.05) is 41.5 Å². The number of phosphoric ester groups is 1. The topological polar surface area (TPSA) is 475 Å². The second kappa shape index (κ2) is 43.2. The summed E-state index contributed by atoms with van der Waals surface area (Å²) < 4.78 is 118. The molecule has 4 N–H and O–H groups in total. The van der Waals surface area contributed by atoms with Gasteiger partial charge in [0.15, 0.2) is 55.2 Å². The van der Waals surface area contributed by atoms with Gasteiger partial charge >= 0.3 is 74.8 Å². The van der Waals surface area contributed by atoms with E-state index in [2.05, 4.69) is 67.0 Å². The van der Waals surface area contributed by atoms with Crippen molar-refractivity contribution in [3.63, 3.8) is 0 Å². The SMILES string of the molecule is CCN(CC)CC.CCN(CC)CC.CO[C@H]1O[C@H](COP(=O)(O)OC[C@]2(CCP(=O)(O)OC[C@H]3O[C@@H](n4ccc(NC(C)=O)nc4=O)[C@H](OC(C)=O)[C@@H]3OC(C)=O)C[C@H](OC(C)=O)[C@@H](NC(C)=O)[C@H]([C@H](OC(C)=O)[C@@H](COC(C)=O)OC(C)=O)O2)[C@H](OC(C)=O)[C@H](OC(C)=O)[C@H]1OC(C)=O. The minimum Gasteiger partial charge on any atom is -0.462 e. The summed E-state index contributed by atoms with van der Waals surface area (Å²) in [6, 6.07) is -0.503. The molecule has 0 saturated carbocycles. The largest absolute Gasteiger partial charge is 0.472 e. The lowest BCUT2D eigenvalue weighted by Crippen LogP contribution is -2.68. The Labute approximate surface area is 585 Å². The molecular formula is C61H100N6O32P2. The lowest BCUT2D eigenvalue weighted by atomic mass is 9.82. The van der Waals surface area contributed by atoms with Crippen LogP contribution in [0, 0.1) is 0 Å². The first-order valence-electron chi connectivity index (χ1n) is 32.3. The van der Waals surface area contributed by atoms with Crippen molar-refractivity contribution in [1.29, 1.82) is 0 Å².